The molecule has 7 aromatic rings. The van der Waals surface area contributed by atoms with Crippen LogP contribution in [0.2, 0.25) is 0 Å². The predicted octanol–water partition coefficient (Wildman–Crippen LogP) is 9.31. The van der Waals surface area contributed by atoms with E-state index >= 15 is 0 Å². The molecule has 0 saturated carbocycles. The molecule has 2 aromatic heterocycles. The van der Waals surface area contributed by atoms with Gasteiger partial charge in [-0.05, 0) is 68.3 Å². The van der Waals surface area contributed by atoms with Crippen LogP contribution in [0.25, 0.3) is 60.4 Å². The van der Waals surface area contributed by atoms with E-state index in [0.29, 0.717) is 0 Å². The molecule has 2 heteroatoms. The van der Waals surface area contributed by atoms with E-state index in [-0.39, 0.29) is 5.54 Å². The van der Waals surface area contributed by atoms with Gasteiger partial charge in [0.15, 0.2) is 0 Å². The van der Waals surface area contributed by atoms with Crippen molar-refractivity contribution in [1.82, 2.24) is 9.13 Å². The SMILES string of the molecule is CC(C)(C)n1c2ccccc2c2cc3c(cc21)c1ccccc1n3-c1cccc(-c2ccccc2)c1. The molecule has 2 heterocycles. The lowest BCUT2D eigenvalue weighted by atomic mass is 10.1. The third-order valence-corrected chi connectivity index (χ3v) is 7.35. The number of hydrogen-bond acceptors (Lipinski definition) is 0. The van der Waals surface area contributed by atoms with Gasteiger partial charge in [0.05, 0.1) is 16.6 Å². The van der Waals surface area contributed by atoms with E-state index in [1.807, 2.05) is 0 Å². The van der Waals surface area contributed by atoms with Gasteiger partial charge in [-0.2, -0.15) is 0 Å². The second-order valence-corrected chi connectivity index (χ2v) is 10.7. The van der Waals surface area contributed by atoms with E-state index in [1.54, 1.807) is 0 Å². The van der Waals surface area contributed by atoms with Crippen molar-refractivity contribution >= 4 is 43.6 Å². The van der Waals surface area contributed by atoms with Gasteiger partial charge in [0, 0.05) is 38.3 Å². The highest BCUT2D eigenvalue weighted by Gasteiger charge is 2.22. The van der Waals surface area contributed by atoms with Gasteiger partial charge in [0.2, 0.25) is 0 Å². The van der Waals surface area contributed by atoms with E-state index in [1.165, 1.54) is 60.4 Å². The maximum atomic E-state index is 2.50. The van der Waals surface area contributed by atoms with E-state index in [2.05, 4.69) is 145 Å². The van der Waals surface area contributed by atoms with Crippen LogP contribution < -0.4 is 0 Å². The van der Waals surface area contributed by atoms with Crippen molar-refractivity contribution in [3.63, 3.8) is 0 Å². The van der Waals surface area contributed by atoms with Crippen LogP contribution in [0.3, 0.4) is 0 Å². The number of hydrogen-bond donors (Lipinski definition) is 0. The Balaban J connectivity index is 1.61. The Bertz CT molecular complexity index is 1910. The van der Waals surface area contributed by atoms with Crippen LogP contribution in [0.5, 0.6) is 0 Å². The van der Waals surface area contributed by atoms with Crippen LogP contribution in [-0.4, -0.2) is 9.13 Å². The quantitative estimate of drug-likeness (QED) is 0.241. The van der Waals surface area contributed by atoms with Crippen LogP contribution >= 0.6 is 0 Å². The Morgan fingerprint density at radius 3 is 1.78 bits per heavy atom. The number of fused-ring (bicyclic) bond motifs is 6. The summed E-state index contributed by atoms with van der Waals surface area (Å²) in [6.45, 7) is 6.88. The van der Waals surface area contributed by atoms with Crippen molar-refractivity contribution in [2.75, 3.05) is 0 Å². The van der Waals surface area contributed by atoms with Crippen molar-refractivity contribution in [3.05, 3.63) is 115 Å². The van der Waals surface area contributed by atoms with E-state index < -0.39 is 0 Å². The van der Waals surface area contributed by atoms with E-state index in [4.69, 9.17) is 0 Å². The van der Waals surface area contributed by atoms with Crippen LogP contribution in [0.15, 0.2) is 115 Å². The zero-order chi connectivity index (χ0) is 24.4. The minimum Gasteiger partial charge on any atom is -0.335 e. The highest BCUT2D eigenvalue weighted by Crippen LogP contribution is 2.40. The van der Waals surface area contributed by atoms with Crippen molar-refractivity contribution in [1.29, 1.82) is 0 Å². The van der Waals surface area contributed by atoms with Crippen molar-refractivity contribution in [3.8, 4) is 16.8 Å². The second-order valence-electron chi connectivity index (χ2n) is 10.7. The molecule has 0 N–H and O–H groups in total. The normalized spacial score (nSPS) is 12.3. The molecule has 0 radical (unpaired) electrons. The summed E-state index contributed by atoms with van der Waals surface area (Å²) < 4.78 is 4.93. The molecule has 2 nitrogen and oxygen atoms in total. The third-order valence-electron chi connectivity index (χ3n) is 7.35. The van der Waals surface area contributed by atoms with Crippen LogP contribution in [0.1, 0.15) is 20.8 Å². The molecule has 0 aliphatic heterocycles. The molecule has 0 amide bonds. The molecular weight excluding hydrogens is 436 g/mol. The van der Waals surface area contributed by atoms with E-state index in [0.717, 1.165) is 0 Å². The molecule has 174 valence electrons. The minimum absolute atomic E-state index is 0.0303. The lowest BCUT2D eigenvalue weighted by molar-refractivity contribution is 0.423. The number of para-hydroxylation sites is 2. The zero-order valence-corrected chi connectivity index (χ0v) is 20.9. The van der Waals surface area contributed by atoms with Gasteiger partial charge in [-0.1, -0.05) is 78.9 Å². The largest absolute Gasteiger partial charge is 0.335 e. The highest BCUT2D eigenvalue weighted by atomic mass is 15.1. The molecule has 0 saturated heterocycles. The average Bonchev–Trinajstić information content (AvgIpc) is 3.40. The number of benzene rings is 5. The molecule has 0 aliphatic carbocycles. The van der Waals surface area contributed by atoms with Crippen molar-refractivity contribution in [2.24, 2.45) is 0 Å². The summed E-state index contributed by atoms with van der Waals surface area (Å²) in [5.74, 6) is 0. The summed E-state index contributed by atoms with van der Waals surface area (Å²) >= 11 is 0. The first-order valence-electron chi connectivity index (χ1n) is 12.6. The summed E-state index contributed by atoms with van der Waals surface area (Å²) in [6, 6.07) is 41.9. The van der Waals surface area contributed by atoms with Crippen LogP contribution in [-0.2, 0) is 5.54 Å². The molecule has 0 atom stereocenters. The van der Waals surface area contributed by atoms with Crippen LogP contribution in [0.4, 0.5) is 0 Å². The van der Waals surface area contributed by atoms with Gasteiger partial charge in [0.1, 0.15) is 0 Å². The monoisotopic (exact) mass is 464 g/mol. The smallest absolute Gasteiger partial charge is 0.0548 e. The maximum absolute atomic E-state index is 2.50. The molecule has 0 fully saturated rings. The number of rotatable bonds is 2. The van der Waals surface area contributed by atoms with Gasteiger partial charge < -0.3 is 9.13 Å². The Hall–Kier alpha value is -4.30. The first kappa shape index (κ1) is 21.0. The average molecular weight is 465 g/mol. The Morgan fingerprint density at radius 1 is 0.444 bits per heavy atom. The fraction of sp³-hybridized carbons (Fsp3) is 0.118. The Morgan fingerprint density at radius 2 is 1.03 bits per heavy atom. The zero-order valence-electron chi connectivity index (χ0n) is 20.9. The van der Waals surface area contributed by atoms with E-state index in [9.17, 15) is 0 Å². The highest BCUT2D eigenvalue weighted by molar-refractivity contribution is 6.18. The van der Waals surface area contributed by atoms with Crippen molar-refractivity contribution in [2.45, 2.75) is 26.3 Å². The standard InChI is InChI=1S/C34H28N2/c1-34(2,3)36-31-19-10-8-17-27(31)29-21-32-28(22-33(29)36)26-16-7-9-18-30(26)35(32)25-15-11-14-24(20-25)23-12-5-4-6-13-23/h4-22H,1-3H3. The summed E-state index contributed by atoms with van der Waals surface area (Å²) in [5.41, 5.74) is 8.66. The summed E-state index contributed by atoms with van der Waals surface area (Å²) in [5, 5.41) is 5.18. The second kappa shape index (κ2) is 7.60. The topological polar surface area (TPSA) is 9.86 Å². The van der Waals surface area contributed by atoms with Gasteiger partial charge in [-0.15, -0.1) is 0 Å². The molecular formula is C34H28N2. The minimum atomic E-state index is -0.0303. The third kappa shape index (κ3) is 3.04. The predicted molar refractivity (Wildman–Crippen MR) is 154 cm³/mol. The first-order valence-corrected chi connectivity index (χ1v) is 12.6. The lowest BCUT2D eigenvalue weighted by Gasteiger charge is -2.24. The summed E-state index contributed by atoms with van der Waals surface area (Å²) in [6.07, 6.45) is 0. The number of aromatic nitrogens is 2. The maximum Gasteiger partial charge on any atom is 0.0548 e. The number of nitrogens with zero attached hydrogens (tertiary/aromatic N) is 2. The summed E-state index contributed by atoms with van der Waals surface area (Å²) in [7, 11) is 0. The molecule has 7 rings (SSSR count). The first-order chi connectivity index (χ1) is 17.5. The van der Waals surface area contributed by atoms with Gasteiger partial charge in [-0.25, -0.2) is 0 Å². The van der Waals surface area contributed by atoms with Crippen molar-refractivity contribution < 1.29 is 0 Å². The Kier molecular flexibility index (Phi) is 4.44. The fourth-order valence-corrected chi connectivity index (χ4v) is 5.89. The summed E-state index contributed by atoms with van der Waals surface area (Å²) in [4.78, 5) is 0. The Labute approximate surface area is 211 Å². The van der Waals surface area contributed by atoms with Gasteiger partial charge >= 0.3 is 0 Å². The molecule has 0 aliphatic rings. The molecule has 5 aromatic carbocycles. The van der Waals surface area contributed by atoms with Crippen LogP contribution in [0, 0.1) is 0 Å². The van der Waals surface area contributed by atoms with Gasteiger partial charge in [0.25, 0.3) is 0 Å². The molecule has 0 unspecified atom stereocenters. The molecule has 36 heavy (non-hydrogen) atoms. The molecule has 0 spiro atoms. The fourth-order valence-electron chi connectivity index (χ4n) is 5.89. The lowest BCUT2D eigenvalue weighted by Crippen LogP contribution is -2.21. The van der Waals surface area contributed by atoms with Gasteiger partial charge in [-0.3, -0.25) is 0 Å². The molecule has 0 bridgehead atoms.